The number of aldehydes is 1. The van der Waals surface area contributed by atoms with Gasteiger partial charge in [0, 0.05) is 15.1 Å². The van der Waals surface area contributed by atoms with Crippen molar-refractivity contribution >= 4 is 33.8 Å². The van der Waals surface area contributed by atoms with Crippen LogP contribution in [-0.4, -0.2) is 11.4 Å². The van der Waals surface area contributed by atoms with Gasteiger partial charge in [0.15, 0.2) is 12.0 Å². The molecule has 0 radical (unpaired) electrons. The van der Waals surface area contributed by atoms with Gasteiger partial charge >= 0.3 is 0 Å². The molecule has 1 aliphatic rings. The summed E-state index contributed by atoms with van der Waals surface area (Å²) in [6.07, 6.45) is 4.27. The van der Waals surface area contributed by atoms with E-state index in [0.717, 1.165) is 12.1 Å². The van der Waals surface area contributed by atoms with Gasteiger partial charge in [-0.05, 0) is 42.5 Å². The van der Waals surface area contributed by atoms with E-state index in [1.54, 1.807) is 0 Å². The van der Waals surface area contributed by atoms with Gasteiger partial charge in [-0.1, -0.05) is 39.7 Å². The second-order valence-corrected chi connectivity index (χ2v) is 6.03. The van der Waals surface area contributed by atoms with Crippen molar-refractivity contribution in [1.29, 1.82) is 0 Å². The Balaban J connectivity index is 0.000000162. The van der Waals surface area contributed by atoms with E-state index in [2.05, 4.69) is 39.1 Å². The molecule has 2 aromatic carbocycles. The molecule has 3 nitrogen and oxygen atoms in total. The average molecular weight is 388 g/mol. The van der Waals surface area contributed by atoms with Gasteiger partial charge in [-0.2, -0.15) is 0 Å². The van der Waals surface area contributed by atoms with Gasteiger partial charge in [0.05, 0.1) is 10.6 Å². The molecule has 0 aliphatic heterocycles. The molecule has 22 heavy (non-hydrogen) atoms. The molecular weight excluding hydrogens is 375 g/mol. The molecule has 0 saturated carbocycles. The van der Waals surface area contributed by atoms with E-state index in [4.69, 9.17) is 16.7 Å². The first-order valence-corrected chi connectivity index (χ1v) is 7.76. The van der Waals surface area contributed by atoms with Crippen LogP contribution in [0.1, 0.15) is 27.9 Å². The smallest absolute Gasteiger partial charge is 0.194 e. The zero-order chi connectivity index (χ0) is 16.1. The van der Waals surface area contributed by atoms with Crippen molar-refractivity contribution in [2.24, 2.45) is 0 Å². The molecule has 2 aromatic rings. The Labute approximate surface area is 140 Å². The molecule has 0 bridgehead atoms. The van der Waals surface area contributed by atoms with E-state index in [-0.39, 0.29) is 22.1 Å². The third-order valence-corrected chi connectivity index (χ3v) is 4.42. The number of phenolic OH excluding ortho intramolecular Hbond substituents is 1. The number of hydrogen-bond acceptors (Lipinski definition) is 3. The summed E-state index contributed by atoms with van der Waals surface area (Å²) in [5.74, 6) is -0.693. The third-order valence-electron chi connectivity index (χ3n) is 3.38. The number of carbonyl (C=O) groups is 1. The molecular formula is C16H13BrClFO3. The Bertz CT molecular complexity index is 691. The molecule has 3 rings (SSSR count). The minimum Gasteiger partial charge on any atom is -0.507 e. The highest BCUT2D eigenvalue weighted by Crippen LogP contribution is 2.31. The normalized spacial score (nSPS) is 12.1. The second-order valence-electron chi connectivity index (χ2n) is 4.77. The van der Waals surface area contributed by atoms with Gasteiger partial charge in [-0.3, -0.25) is 9.74 Å². The Kier molecular flexibility index (Phi) is 5.80. The van der Waals surface area contributed by atoms with Crippen LogP contribution in [0.2, 0.25) is 5.02 Å². The topological polar surface area (TPSA) is 46.5 Å². The summed E-state index contributed by atoms with van der Waals surface area (Å²) in [7, 11) is 0. The van der Waals surface area contributed by atoms with Crippen LogP contribution in [0.15, 0.2) is 34.8 Å². The fraction of sp³-hybridized carbons (Fsp3) is 0.188. The van der Waals surface area contributed by atoms with E-state index >= 15 is 0 Å². The maximum atomic E-state index is 11.6. The number of hydrogen-bond donors (Lipinski definition) is 1. The third kappa shape index (κ3) is 3.78. The Hall–Kier alpha value is -1.59. The average Bonchev–Trinajstić information content (AvgIpc) is 3.00. The van der Waals surface area contributed by atoms with Crippen LogP contribution in [0.5, 0.6) is 11.5 Å². The van der Waals surface area contributed by atoms with Crippen LogP contribution >= 0.6 is 27.5 Å². The standard InChI is InChI=1S/C9H9Br.C7H4ClFO3/c10-9-6-2-4-7-3-1-5-8(7)9;8-5-1-4(3-10)6(11)2-7(5)12-9/h2,4,6H,1,3,5H2;1-3,11H. The molecule has 0 heterocycles. The van der Waals surface area contributed by atoms with Crippen LogP contribution in [0.3, 0.4) is 0 Å². The Morgan fingerprint density at radius 3 is 2.73 bits per heavy atom. The fourth-order valence-corrected chi connectivity index (χ4v) is 3.09. The molecule has 0 atom stereocenters. The van der Waals surface area contributed by atoms with Gasteiger partial charge in [-0.25, -0.2) is 0 Å². The molecule has 0 amide bonds. The van der Waals surface area contributed by atoms with Gasteiger partial charge in [0.1, 0.15) is 5.75 Å². The zero-order valence-corrected chi connectivity index (χ0v) is 13.8. The minimum atomic E-state index is -0.373. The maximum Gasteiger partial charge on any atom is 0.194 e. The summed E-state index contributed by atoms with van der Waals surface area (Å²) < 4.78 is 12.9. The molecule has 0 unspecified atom stereocenters. The maximum absolute atomic E-state index is 11.6. The number of rotatable bonds is 2. The number of phenols is 1. The van der Waals surface area contributed by atoms with E-state index in [1.807, 2.05) is 0 Å². The molecule has 0 spiro atoms. The first-order valence-electron chi connectivity index (χ1n) is 6.59. The lowest BCUT2D eigenvalue weighted by molar-refractivity contribution is -0.00629. The number of benzene rings is 2. The lowest BCUT2D eigenvalue weighted by Crippen LogP contribution is -1.84. The lowest BCUT2D eigenvalue weighted by Gasteiger charge is -2.00. The van der Waals surface area contributed by atoms with Gasteiger partial charge in [0.25, 0.3) is 0 Å². The van der Waals surface area contributed by atoms with E-state index in [0.29, 0.717) is 6.29 Å². The summed E-state index contributed by atoms with van der Waals surface area (Å²) in [4.78, 5) is 13.5. The van der Waals surface area contributed by atoms with E-state index in [9.17, 15) is 9.32 Å². The van der Waals surface area contributed by atoms with Crippen molar-refractivity contribution in [3.63, 3.8) is 0 Å². The monoisotopic (exact) mass is 386 g/mol. The quantitative estimate of drug-likeness (QED) is 0.733. The van der Waals surface area contributed by atoms with Crippen LogP contribution in [-0.2, 0) is 12.8 Å². The predicted molar refractivity (Wildman–Crippen MR) is 86.4 cm³/mol. The molecule has 0 saturated heterocycles. The zero-order valence-electron chi connectivity index (χ0n) is 11.5. The van der Waals surface area contributed by atoms with E-state index < -0.39 is 0 Å². The molecule has 1 aliphatic carbocycles. The van der Waals surface area contributed by atoms with E-state index in [1.165, 1.54) is 34.9 Å². The Morgan fingerprint density at radius 1 is 1.32 bits per heavy atom. The number of fused-ring (bicyclic) bond motifs is 1. The van der Waals surface area contributed by atoms with Gasteiger partial charge in [-0.15, -0.1) is 0 Å². The number of carbonyl (C=O) groups excluding carboxylic acids is 1. The highest BCUT2D eigenvalue weighted by atomic mass is 79.9. The Morgan fingerprint density at radius 2 is 2.09 bits per heavy atom. The minimum absolute atomic E-state index is 0.0131. The number of aryl methyl sites for hydroxylation is 1. The van der Waals surface area contributed by atoms with Crippen molar-refractivity contribution in [2.75, 3.05) is 0 Å². The van der Waals surface area contributed by atoms with Crippen LogP contribution in [0.4, 0.5) is 4.53 Å². The second kappa shape index (κ2) is 7.61. The van der Waals surface area contributed by atoms with Crippen molar-refractivity contribution in [1.82, 2.24) is 0 Å². The van der Waals surface area contributed by atoms with Crippen molar-refractivity contribution in [2.45, 2.75) is 19.3 Å². The summed E-state index contributed by atoms with van der Waals surface area (Å²) in [5.41, 5.74) is 3.05. The SMILES string of the molecule is Brc1cccc2c1CCC2.O=Cc1cc(Cl)c(OF)cc1O. The molecule has 1 N–H and O–H groups in total. The summed E-state index contributed by atoms with van der Waals surface area (Å²) in [5, 5.41) is 8.94. The first kappa shape index (κ1) is 16.8. The summed E-state index contributed by atoms with van der Waals surface area (Å²) >= 11 is 8.99. The highest BCUT2D eigenvalue weighted by molar-refractivity contribution is 9.10. The van der Waals surface area contributed by atoms with Crippen LogP contribution in [0.25, 0.3) is 0 Å². The summed E-state index contributed by atoms with van der Waals surface area (Å²) in [6.45, 7) is 0. The van der Waals surface area contributed by atoms with Crippen molar-refractivity contribution in [3.8, 4) is 11.5 Å². The highest BCUT2D eigenvalue weighted by Gasteiger charge is 2.11. The fourth-order valence-electron chi connectivity index (χ4n) is 2.28. The molecule has 0 aromatic heterocycles. The van der Waals surface area contributed by atoms with Crippen molar-refractivity contribution < 1.29 is 19.4 Å². The van der Waals surface area contributed by atoms with Crippen molar-refractivity contribution in [3.05, 3.63) is 56.5 Å². The largest absolute Gasteiger partial charge is 0.507 e. The number of aromatic hydroxyl groups is 1. The van der Waals surface area contributed by atoms with Gasteiger partial charge in [0.2, 0.25) is 0 Å². The predicted octanol–water partition coefficient (Wildman–Crippen LogP) is 5.06. The van der Waals surface area contributed by atoms with Gasteiger partial charge < -0.3 is 5.11 Å². The molecule has 116 valence electrons. The first-order chi connectivity index (χ1) is 10.6. The lowest BCUT2D eigenvalue weighted by atomic mass is 10.1. The molecule has 0 fully saturated rings. The number of halogens is 3. The van der Waals surface area contributed by atoms with Crippen LogP contribution in [0, 0.1) is 0 Å². The summed E-state index contributed by atoms with van der Waals surface area (Å²) in [6, 6.07) is 8.51. The van der Waals surface area contributed by atoms with Crippen LogP contribution < -0.4 is 4.94 Å². The molecule has 6 heteroatoms.